The van der Waals surface area contributed by atoms with E-state index < -0.39 is 29.5 Å². The van der Waals surface area contributed by atoms with Crippen LogP contribution in [0.3, 0.4) is 0 Å². The van der Waals surface area contributed by atoms with E-state index >= 15 is 0 Å². The molecule has 0 fully saturated rings. The van der Waals surface area contributed by atoms with Gasteiger partial charge in [0.2, 0.25) is 0 Å². The number of ether oxygens (including phenoxy) is 1. The first-order valence-electron chi connectivity index (χ1n) is 11.2. The van der Waals surface area contributed by atoms with Gasteiger partial charge in [0.05, 0.1) is 24.3 Å². The second-order valence-electron chi connectivity index (χ2n) is 8.12. The average molecular weight is 468 g/mol. The summed E-state index contributed by atoms with van der Waals surface area (Å²) in [6.45, 7) is 0.301. The van der Waals surface area contributed by atoms with Gasteiger partial charge in [-0.1, -0.05) is 78.9 Å². The SMILES string of the molecule is COC(=O)c1ccc(C2C(C(=O)/C=C/c3ccccc3)=C(O)C(=O)N2CCc2ccccc2)cc1. The zero-order chi connectivity index (χ0) is 24.8. The van der Waals surface area contributed by atoms with Gasteiger partial charge in [-0.05, 0) is 41.3 Å². The van der Waals surface area contributed by atoms with E-state index in [9.17, 15) is 19.5 Å². The summed E-state index contributed by atoms with van der Waals surface area (Å²) in [6, 6.07) is 24.7. The van der Waals surface area contributed by atoms with Crippen LogP contribution in [0.5, 0.6) is 0 Å². The van der Waals surface area contributed by atoms with Crippen molar-refractivity contribution in [2.45, 2.75) is 12.5 Å². The molecule has 1 aliphatic rings. The van der Waals surface area contributed by atoms with Crippen LogP contribution in [-0.4, -0.2) is 41.3 Å². The summed E-state index contributed by atoms with van der Waals surface area (Å²) in [5, 5.41) is 10.8. The third kappa shape index (κ3) is 5.22. The van der Waals surface area contributed by atoms with Crippen LogP contribution in [0.4, 0.5) is 0 Å². The van der Waals surface area contributed by atoms with Crippen molar-refractivity contribution in [3.8, 4) is 0 Å². The van der Waals surface area contributed by atoms with Crippen molar-refractivity contribution >= 4 is 23.7 Å². The number of carbonyl (C=O) groups is 3. The molecule has 1 atom stereocenters. The molecular weight excluding hydrogens is 442 g/mol. The van der Waals surface area contributed by atoms with Gasteiger partial charge >= 0.3 is 5.97 Å². The fourth-order valence-corrected chi connectivity index (χ4v) is 4.12. The maximum absolute atomic E-state index is 13.2. The Morgan fingerprint density at radius 2 is 1.57 bits per heavy atom. The van der Waals surface area contributed by atoms with Gasteiger partial charge in [-0.3, -0.25) is 9.59 Å². The van der Waals surface area contributed by atoms with E-state index in [-0.39, 0.29) is 5.57 Å². The Morgan fingerprint density at radius 1 is 0.943 bits per heavy atom. The van der Waals surface area contributed by atoms with E-state index in [0.29, 0.717) is 24.1 Å². The first kappa shape index (κ1) is 23.7. The lowest BCUT2D eigenvalue weighted by Gasteiger charge is -2.27. The van der Waals surface area contributed by atoms with Crippen LogP contribution < -0.4 is 0 Å². The standard InChI is InChI=1S/C29H25NO5/c1-35-29(34)23-15-13-22(14-16-23)26-25(24(31)17-12-20-8-4-2-5-9-20)27(32)28(33)30(26)19-18-21-10-6-3-7-11-21/h2-17,26,32H,18-19H2,1H3/b17-12+. The van der Waals surface area contributed by atoms with Gasteiger partial charge in [-0.15, -0.1) is 0 Å². The summed E-state index contributed by atoms with van der Waals surface area (Å²) in [5.74, 6) is -2.09. The number of carbonyl (C=O) groups excluding carboxylic acids is 3. The molecule has 0 aromatic heterocycles. The number of hydrogen-bond donors (Lipinski definition) is 1. The smallest absolute Gasteiger partial charge is 0.337 e. The molecule has 0 radical (unpaired) electrons. The molecule has 6 nitrogen and oxygen atoms in total. The molecule has 3 aromatic rings. The Kier molecular flexibility index (Phi) is 7.21. The summed E-state index contributed by atoms with van der Waals surface area (Å²) in [4.78, 5) is 39.7. The van der Waals surface area contributed by atoms with Crippen molar-refractivity contribution in [3.05, 3.63) is 125 Å². The number of amides is 1. The van der Waals surface area contributed by atoms with Gasteiger partial charge in [0, 0.05) is 6.54 Å². The van der Waals surface area contributed by atoms with Crippen molar-refractivity contribution < 1.29 is 24.2 Å². The Hall–Kier alpha value is -4.45. The van der Waals surface area contributed by atoms with Crippen molar-refractivity contribution in [1.82, 2.24) is 4.90 Å². The molecule has 0 saturated carbocycles. The molecule has 1 aliphatic heterocycles. The number of rotatable bonds is 8. The molecule has 0 saturated heterocycles. The molecule has 35 heavy (non-hydrogen) atoms. The predicted octanol–water partition coefficient (Wildman–Crippen LogP) is 4.69. The molecule has 6 heteroatoms. The fourth-order valence-electron chi connectivity index (χ4n) is 4.12. The highest BCUT2D eigenvalue weighted by atomic mass is 16.5. The number of ketones is 1. The second-order valence-corrected chi connectivity index (χ2v) is 8.12. The summed E-state index contributed by atoms with van der Waals surface area (Å²) in [7, 11) is 1.30. The van der Waals surface area contributed by atoms with E-state index in [1.54, 1.807) is 30.3 Å². The lowest BCUT2D eigenvalue weighted by atomic mass is 9.94. The van der Waals surface area contributed by atoms with E-state index in [0.717, 1.165) is 11.1 Å². The molecule has 176 valence electrons. The zero-order valence-corrected chi connectivity index (χ0v) is 19.3. The number of benzene rings is 3. The maximum atomic E-state index is 13.2. The molecule has 1 heterocycles. The molecule has 0 bridgehead atoms. The minimum absolute atomic E-state index is 0.0149. The highest BCUT2D eigenvalue weighted by Crippen LogP contribution is 2.38. The molecule has 3 aromatic carbocycles. The molecule has 1 unspecified atom stereocenters. The summed E-state index contributed by atoms with van der Waals surface area (Å²) < 4.78 is 4.76. The second kappa shape index (κ2) is 10.7. The first-order valence-corrected chi connectivity index (χ1v) is 11.2. The molecule has 1 amide bonds. The Morgan fingerprint density at radius 3 is 2.20 bits per heavy atom. The normalized spacial score (nSPS) is 15.6. The maximum Gasteiger partial charge on any atom is 0.337 e. The van der Waals surface area contributed by atoms with Gasteiger partial charge in [-0.25, -0.2) is 4.79 Å². The van der Waals surface area contributed by atoms with Crippen LogP contribution in [0.2, 0.25) is 0 Å². The number of methoxy groups -OCH3 is 1. The Bertz CT molecular complexity index is 1280. The number of aliphatic hydroxyl groups is 1. The van der Waals surface area contributed by atoms with Gasteiger partial charge < -0.3 is 14.7 Å². The molecule has 0 aliphatic carbocycles. The van der Waals surface area contributed by atoms with Crippen molar-refractivity contribution in [2.75, 3.05) is 13.7 Å². The van der Waals surface area contributed by atoms with Crippen LogP contribution >= 0.6 is 0 Å². The molecule has 1 N–H and O–H groups in total. The minimum atomic E-state index is -0.786. The lowest BCUT2D eigenvalue weighted by molar-refractivity contribution is -0.129. The third-order valence-electron chi connectivity index (χ3n) is 5.93. The summed E-state index contributed by atoms with van der Waals surface area (Å²) in [5.41, 5.74) is 2.83. The topological polar surface area (TPSA) is 83.9 Å². The summed E-state index contributed by atoms with van der Waals surface area (Å²) >= 11 is 0. The third-order valence-corrected chi connectivity index (χ3v) is 5.93. The predicted molar refractivity (Wildman–Crippen MR) is 133 cm³/mol. The van der Waals surface area contributed by atoms with Gasteiger partial charge in [0.15, 0.2) is 11.5 Å². The monoisotopic (exact) mass is 467 g/mol. The minimum Gasteiger partial charge on any atom is -0.503 e. The van der Waals surface area contributed by atoms with Crippen molar-refractivity contribution in [2.24, 2.45) is 0 Å². The number of esters is 1. The van der Waals surface area contributed by atoms with E-state index in [2.05, 4.69) is 0 Å². The number of nitrogens with zero attached hydrogens (tertiary/aromatic N) is 1. The van der Waals surface area contributed by atoms with Crippen LogP contribution in [0.1, 0.15) is 33.1 Å². The molecular formula is C29H25NO5. The van der Waals surface area contributed by atoms with Gasteiger partial charge in [0.25, 0.3) is 5.91 Å². The van der Waals surface area contributed by atoms with Gasteiger partial charge in [0.1, 0.15) is 0 Å². The fraction of sp³-hybridized carbons (Fsp3) is 0.138. The lowest BCUT2D eigenvalue weighted by Crippen LogP contribution is -2.33. The Balaban J connectivity index is 1.68. The van der Waals surface area contributed by atoms with E-state index in [4.69, 9.17) is 4.74 Å². The highest BCUT2D eigenvalue weighted by molar-refractivity contribution is 6.14. The van der Waals surface area contributed by atoms with Crippen molar-refractivity contribution in [1.29, 1.82) is 0 Å². The average Bonchev–Trinajstić information content (AvgIpc) is 3.16. The zero-order valence-electron chi connectivity index (χ0n) is 19.3. The first-order chi connectivity index (χ1) is 17.0. The van der Waals surface area contributed by atoms with Crippen LogP contribution in [0.15, 0.2) is 102 Å². The molecule has 4 rings (SSSR count). The van der Waals surface area contributed by atoms with Crippen LogP contribution in [-0.2, 0) is 20.7 Å². The highest BCUT2D eigenvalue weighted by Gasteiger charge is 2.42. The number of hydrogen-bond acceptors (Lipinski definition) is 5. The molecule has 0 spiro atoms. The van der Waals surface area contributed by atoms with E-state index in [1.165, 1.54) is 18.1 Å². The van der Waals surface area contributed by atoms with Crippen molar-refractivity contribution in [3.63, 3.8) is 0 Å². The Labute approximate surface area is 203 Å². The number of aliphatic hydroxyl groups excluding tert-OH is 1. The van der Waals surface area contributed by atoms with E-state index in [1.807, 2.05) is 60.7 Å². The van der Waals surface area contributed by atoms with Crippen LogP contribution in [0.25, 0.3) is 6.08 Å². The number of allylic oxidation sites excluding steroid dienone is 1. The van der Waals surface area contributed by atoms with Crippen LogP contribution in [0, 0.1) is 0 Å². The largest absolute Gasteiger partial charge is 0.503 e. The quantitative estimate of drug-likeness (QED) is 0.384. The van der Waals surface area contributed by atoms with Gasteiger partial charge in [-0.2, -0.15) is 0 Å². The summed E-state index contributed by atoms with van der Waals surface area (Å²) in [6.07, 6.45) is 3.57.